The van der Waals surface area contributed by atoms with Gasteiger partial charge in [0, 0.05) is 6.04 Å². The minimum Gasteiger partial charge on any atom is -0.459 e. The molecule has 0 aromatic heterocycles. The number of rotatable bonds is 4. The highest BCUT2D eigenvalue weighted by Crippen LogP contribution is 2.15. The molecule has 0 amide bonds. The molecule has 1 aromatic rings. The summed E-state index contributed by atoms with van der Waals surface area (Å²) in [5.74, 6) is -0.558. The Morgan fingerprint density at radius 1 is 1.21 bits per heavy atom. The van der Waals surface area contributed by atoms with Gasteiger partial charge in [0.05, 0.1) is 0 Å². The van der Waals surface area contributed by atoms with E-state index in [0.717, 1.165) is 5.56 Å². The molecule has 4 heteroatoms. The second kappa shape index (κ2) is 6.15. The molecule has 1 rings (SSSR count). The molecule has 0 saturated carbocycles. The molecule has 0 aliphatic carbocycles. The van der Waals surface area contributed by atoms with E-state index in [4.69, 9.17) is 4.74 Å². The average Bonchev–Trinajstić information content (AvgIpc) is 2.27. The minimum absolute atomic E-state index is 0.0527. The van der Waals surface area contributed by atoms with Crippen molar-refractivity contribution in [1.82, 2.24) is 5.32 Å². The second-order valence-corrected chi connectivity index (χ2v) is 5.70. The molecule has 0 aliphatic rings. The number of carbonyl (C=O) groups is 1. The fraction of sp³-hybridized carbons (Fsp3) is 0.533. The maximum absolute atomic E-state index is 12.8. The molecule has 0 bridgehead atoms. The highest BCUT2D eigenvalue weighted by Gasteiger charge is 2.22. The van der Waals surface area contributed by atoms with Crippen LogP contribution >= 0.6 is 0 Å². The van der Waals surface area contributed by atoms with E-state index in [2.05, 4.69) is 5.32 Å². The lowest BCUT2D eigenvalue weighted by Gasteiger charge is -2.24. The highest BCUT2D eigenvalue weighted by atomic mass is 19.1. The molecule has 0 saturated heterocycles. The summed E-state index contributed by atoms with van der Waals surface area (Å²) in [4.78, 5) is 11.8. The zero-order valence-corrected chi connectivity index (χ0v) is 12.2. The molecule has 106 valence electrons. The topological polar surface area (TPSA) is 38.3 Å². The van der Waals surface area contributed by atoms with Gasteiger partial charge >= 0.3 is 5.97 Å². The van der Waals surface area contributed by atoms with E-state index in [9.17, 15) is 9.18 Å². The summed E-state index contributed by atoms with van der Waals surface area (Å²) in [5.41, 5.74) is 0.434. The number of nitrogens with one attached hydrogen (secondary N) is 1. The van der Waals surface area contributed by atoms with Crippen molar-refractivity contribution >= 4 is 5.97 Å². The Kier molecular flexibility index (Phi) is 5.06. The van der Waals surface area contributed by atoms with Crippen molar-refractivity contribution in [3.8, 4) is 0 Å². The van der Waals surface area contributed by atoms with Gasteiger partial charge in [0.1, 0.15) is 17.5 Å². The van der Waals surface area contributed by atoms with E-state index in [1.54, 1.807) is 19.1 Å². The van der Waals surface area contributed by atoms with E-state index >= 15 is 0 Å². The zero-order valence-electron chi connectivity index (χ0n) is 12.2. The lowest BCUT2D eigenvalue weighted by Crippen LogP contribution is -2.40. The Labute approximate surface area is 114 Å². The Hall–Kier alpha value is -1.42. The second-order valence-electron chi connectivity index (χ2n) is 5.70. The fourth-order valence-corrected chi connectivity index (χ4v) is 1.68. The van der Waals surface area contributed by atoms with Crippen molar-refractivity contribution in [1.29, 1.82) is 0 Å². The monoisotopic (exact) mass is 267 g/mol. The Morgan fingerprint density at radius 2 is 1.74 bits per heavy atom. The number of hydrogen-bond donors (Lipinski definition) is 1. The molecule has 0 fully saturated rings. The van der Waals surface area contributed by atoms with Gasteiger partial charge in [0.25, 0.3) is 0 Å². The third kappa shape index (κ3) is 5.39. The first-order valence-corrected chi connectivity index (χ1v) is 6.43. The summed E-state index contributed by atoms with van der Waals surface area (Å²) in [6, 6.07) is 5.75. The third-order valence-electron chi connectivity index (χ3n) is 2.63. The Balaban J connectivity index is 2.59. The van der Waals surface area contributed by atoms with Gasteiger partial charge in [-0.1, -0.05) is 12.1 Å². The quantitative estimate of drug-likeness (QED) is 0.851. The van der Waals surface area contributed by atoms with Crippen LogP contribution in [0, 0.1) is 5.82 Å². The lowest BCUT2D eigenvalue weighted by molar-refractivity contribution is -0.157. The van der Waals surface area contributed by atoms with Crippen LogP contribution in [-0.4, -0.2) is 17.6 Å². The van der Waals surface area contributed by atoms with Crippen LogP contribution in [0.4, 0.5) is 4.39 Å². The smallest absolute Gasteiger partial charge is 0.323 e. The van der Waals surface area contributed by atoms with Gasteiger partial charge in [-0.2, -0.15) is 0 Å². The van der Waals surface area contributed by atoms with Gasteiger partial charge in [-0.15, -0.1) is 0 Å². The van der Waals surface area contributed by atoms with Gasteiger partial charge in [-0.05, 0) is 52.3 Å². The Morgan fingerprint density at radius 3 is 2.21 bits per heavy atom. The summed E-state index contributed by atoms with van der Waals surface area (Å²) < 4.78 is 18.1. The van der Waals surface area contributed by atoms with Gasteiger partial charge in [-0.3, -0.25) is 10.1 Å². The van der Waals surface area contributed by atoms with Crippen LogP contribution in [0.1, 0.15) is 46.2 Å². The van der Waals surface area contributed by atoms with Gasteiger partial charge in [0.15, 0.2) is 0 Å². The molecule has 0 radical (unpaired) electrons. The molecular weight excluding hydrogens is 245 g/mol. The van der Waals surface area contributed by atoms with Crippen LogP contribution in [0.25, 0.3) is 0 Å². The summed E-state index contributed by atoms with van der Waals surface area (Å²) in [6.07, 6.45) is 0. The highest BCUT2D eigenvalue weighted by molar-refractivity contribution is 5.75. The van der Waals surface area contributed by atoms with Gasteiger partial charge in [0.2, 0.25) is 0 Å². The first-order valence-electron chi connectivity index (χ1n) is 6.43. The van der Waals surface area contributed by atoms with E-state index < -0.39 is 11.6 Å². The predicted molar refractivity (Wildman–Crippen MR) is 73.3 cm³/mol. The summed E-state index contributed by atoms with van der Waals surface area (Å²) in [7, 11) is 0. The van der Waals surface area contributed by atoms with Crippen LogP contribution in [-0.2, 0) is 9.53 Å². The Bertz CT molecular complexity index is 423. The number of carbonyl (C=O) groups excluding carboxylic acids is 1. The maximum atomic E-state index is 12.8. The van der Waals surface area contributed by atoms with Crippen molar-refractivity contribution in [3.63, 3.8) is 0 Å². The molecule has 3 nitrogen and oxygen atoms in total. The number of esters is 1. The molecular formula is C15H22FNO2. The van der Waals surface area contributed by atoms with Crippen LogP contribution in [0.5, 0.6) is 0 Å². The molecule has 0 aliphatic heterocycles. The molecule has 1 aromatic carbocycles. The zero-order chi connectivity index (χ0) is 14.6. The summed E-state index contributed by atoms with van der Waals surface area (Å²) in [6.45, 7) is 9.19. The SMILES string of the molecule is CC(NC(C)c1ccc(F)cc1)C(=O)OC(C)(C)C. The first-order chi connectivity index (χ1) is 8.69. The molecule has 2 unspecified atom stereocenters. The fourth-order valence-electron chi connectivity index (χ4n) is 1.68. The van der Waals surface area contributed by atoms with Crippen molar-refractivity contribution in [3.05, 3.63) is 35.6 Å². The minimum atomic E-state index is -0.494. The summed E-state index contributed by atoms with van der Waals surface area (Å²) >= 11 is 0. The van der Waals surface area contributed by atoms with Crippen LogP contribution in [0.3, 0.4) is 0 Å². The third-order valence-corrected chi connectivity index (χ3v) is 2.63. The molecule has 2 atom stereocenters. The summed E-state index contributed by atoms with van der Waals surface area (Å²) in [5, 5.41) is 3.14. The number of benzene rings is 1. The van der Waals surface area contributed by atoms with Crippen molar-refractivity contribution in [2.75, 3.05) is 0 Å². The molecule has 0 heterocycles. The van der Waals surface area contributed by atoms with E-state index in [-0.39, 0.29) is 17.8 Å². The van der Waals surface area contributed by atoms with Crippen molar-refractivity contribution in [2.24, 2.45) is 0 Å². The number of hydrogen-bond acceptors (Lipinski definition) is 3. The molecule has 0 spiro atoms. The van der Waals surface area contributed by atoms with E-state index in [0.29, 0.717) is 0 Å². The standard InChI is InChI=1S/C15H22FNO2/c1-10(12-6-8-13(16)9-7-12)17-11(2)14(18)19-15(3,4)5/h6-11,17H,1-5H3. The van der Waals surface area contributed by atoms with E-state index in [1.165, 1.54) is 12.1 Å². The average molecular weight is 267 g/mol. The van der Waals surface area contributed by atoms with Crippen LogP contribution < -0.4 is 5.32 Å². The van der Waals surface area contributed by atoms with Crippen LogP contribution in [0.15, 0.2) is 24.3 Å². The predicted octanol–water partition coefficient (Wildman–Crippen LogP) is 3.21. The van der Waals surface area contributed by atoms with Crippen molar-refractivity contribution in [2.45, 2.75) is 52.3 Å². The normalized spacial score (nSPS) is 14.8. The first kappa shape index (κ1) is 15.6. The number of ether oxygens (including phenoxy) is 1. The van der Waals surface area contributed by atoms with Gasteiger partial charge < -0.3 is 4.74 Å². The lowest BCUT2D eigenvalue weighted by atomic mass is 10.1. The maximum Gasteiger partial charge on any atom is 0.323 e. The largest absolute Gasteiger partial charge is 0.459 e. The molecule has 19 heavy (non-hydrogen) atoms. The van der Waals surface area contributed by atoms with E-state index in [1.807, 2.05) is 27.7 Å². The van der Waals surface area contributed by atoms with Gasteiger partial charge in [-0.25, -0.2) is 4.39 Å². The van der Waals surface area contributed by atoms with Crippen molar-refractivity contribution < 1.29 is 13.9 Å². The van der Waals surface area contributed by atoms with Crippen LogP contribution in [0.2, 0.25) is 0 Å². The molecule has 1 N–H and O–H groups in total. The number of halogens is 1.